The van der Waals surface area contributed by atoms with Crippen LogP contribution in [0.5, 0.6) is 0 Å². The molecule has 1 aromatic rings. The fourth-order valence-electron chi connectivity index (χ4n) is 2.86. The van der Waals surface area contributed by atoms with Crippen LogP contribution >= 0.6 is 15.9 Å². The number of likely N-dealkylation sites (N-methyl/N-ethyl adjacent to an activating group) is 1. The van der Waals surface area contributed by atoms with Gasteiger partial charge in [-0.05, 0) is 58.0 Å². The Bertz CT molecular complexity index is 372. The fourth-order valence-corrected chi connectivity index (χ4v) is 3.13. The first-order chi connectivity index (χ1) is 8.05. The Kier molecular flexibility index (Phi) is 3.79. The first kappa shape index (κ1) is 12.9. The van der Waals surface area contributed by atoms with Crippen molar-refractivity contribution < 1.29 is 0 Å². The Morgan fingerprint density at radius 2 is 1.94 bits per heavy atom. The molecule has 1 unspecified atom stereocenters. The lowest BCUT2D eigenvalue weighted by molar-refractivity contribution is 0.275. The molecular formula is C14H21BrN2. The second-order valence-corrected chi connectivity index (χ2v) is 6.18. The second-order valence-electron chi connectivity index (χ2n) is 5.27. The van der Waals surface area contributed by atoms with Crippen LogP contribution in [0.25, 0.3) is 0 Å². The summed E-state index contributed by atoms with van der Waals surface area (Å²) < 4.78 is 1.14. The van der Waals surface area contributed by atoms with Crippen molar-refractivity contribution >= 4 is 21.6 Å². The van der Waals surface area contributed by atoms with E-state index >= 15 is 0 Å². The maximum absolute atomic E-state index is 3.49. The van der Waals surface area contributed by atoms with E-state index in [0.29, 0.717) is 6.04 Å². The number of rotatable bonds is 2. The van der Waals surface area contributed by atoms with Gasteiger partial charge in [0.1, 0.15) is 0 Å². The van der Waals surface area contributed by atoms with Crippen LogP contribution in [-0.4, -0.2) is 25.2 Å². The molecule has 1 fully saturated rings. The number of anilines is 1. The SMILES string of the molecule is CNC1CCCN(c2ccc(Br)cc2)C1(C)C. The van der Waals surface area contributed by atoms with E-state index in [0.717, 1.165) is 11.0 Å². The van der Waals surface area contributed by atoms with Crippen molar-refractivity contribution in [1.29, 1.82) is 0 Å². The van der Waals surface area contributed by atoms with E-state index in [4.69, 9.17) is 0 Å². The molecule has 0 bridgehead atoms. The molecule has 1 heterocycles. The van der Waals surface area contributed by atoms with Crippen LogP contribution in [0.1, 0.15) is 26.7 Å². The van der Waals surface area contributed by atoms with Crippen LogP contribution in [-0.2, 0) is 0 Å². The normalized spacial score (nSPS) is 23.8. The van der Waals surface area contributed by atoms with E-state index in [9.17, 15) is 0 Å². The predicted octanol–water partition coefficient (Wildman–Crippen LogP) is 3.42. The van der Waals surface area contributed by atoms with Gasteiger partial charge in [-0.3, -0.25) is 0 Å². The summed E-state index contributed by atoms with van der Waals surface area (Å²) in [5.74, 6) is 0. The first-order valence-corrected chi connectivity index (χ1v) is 7.05. The summed E-state index contributed by atoms with van der Waals surface area (Å²) in [6.07, 6.45) is 2.52. The average Bonchev–Trinajstić information content (AvgIpc) is 2.30. The van der Waals surface area contributed by atoms with Crippen LogP contribution in [0.3, 0.4) is 0 Å². The van der Waals surface area contributed by atoms with Gasteiger partial charge in [0.05, 0.1) is 0 Å². The Labute approximate surface area is 113 Å². The van der Waals surface area contributed by atoms with E-state index in [-0.39, 0.29) is 5.54 Å². The van der Waals surface area contributed by atoms with E-state index in [1.165, 1.54) is 18.5 Å². The predicted molar refractivity (Wildman–Crippen MR) is 77.6 cm³/mol. The molecule has 0 aromatic heterocycles. The van der Waals surface area contributed by atoms with E-state index < -0.39 is 0 Å². The summed E-state index contributed by atoms with van der Waals surface area (Å²) in [5.41, 5.74) is 1.49. The monoisotopic (exact) mass is 296 g/mol. The lowest BCUT2D eigenvalue weighted by Gasteiger charge is -2.49. The molecule has 0 aliphatic carbocycles. The van der Waals surface area contributed by atoms with Gasteiger partial charge in [0.25, 0.3) is 0 Å². The van der Waals surface area contributed by atoms with Crippen LogP contribution < -0.4 is 10.2 Å². The molecule has 3 heteroatoms. The number of nitrogens with one attached hydrogen (secondary N) is 1. The summed E-state index contributed by atoms with van der Waals surface area (Å²) in [4.78, 5) is 2.52. The Balaban J connectivity index is 2.27. The third-order valence-electron chi connectivity index (χ3n) is 3.91. The number of halogens is 1. The van der Waals surface area contributed by atoms with Crippen molar-refractivity contribution in [2.45, 2.75) is 38.3 Å². The maximum atomic E-state index is 3.49. The highest BCUT2D eigenvalue weighted by Crippen LogP contribution is 2.33. The number of hydrogen-bond acceptors (Lipinski definition) is 2. The van der Waals surface area contributed by atoms with Crippen molar-refractivity contribution in [2.75, 3.05) is 18.5 Å². The molecule has 94 valence electrons. The fraction of sp³-hybridized carbons (Fsp3) is 0.571. The summed E-state index contributed by atoms with van der Waals surface area (Å²) in [6, 6.07) is 9.19. The molecular weight excluding hydrogens is 276 g/mol. The molecule has 0 spiro atoms. The molecule has 1 atom stereocenters. The molecule has 1 aromatic carbocycles. The largest absolute Gasteiger partial charge is 0.365 e. The molecule has 17 heavy (non-hydrogen) atoms. The highest BCUT2D eigenvalue weighted by molar-refractivity contribution is 9.10. The van der Waals surface area contributed by atoms with Crippen LogP contribution in [0.2, 0.25) is 0 Å². The number of benzene rings is 1. The molecule has 0 amide bonds. The van der Waals surface area contributed by atoms with Crippen LogP contribution in [0.15, 0.2) is 28.7 Å². The standard InChI is InChI=1S/C14H21BrN2/c1-14(2)13(16-3)5-4-10-17(14)12-8-6-11(15)7-9-12/h6-9,13,16H,4-5,10H2,1-3H3. The molecule has 2 rings (SSSR count). The number of piperidine rings is 1. The van der Waals surface area contributed by atoms with Crippen molar-refractivity contribution in [2.24, 2.45) is 0 Å². The first-order valence-electron chi connectivity index (χ1n) is 6.26. The Morgan fingerprint density at radius 3 is 2.53 bits per heavy atom. The zero-order valence-corrected chi connectivity index (χ0v) is 12.4. The third-order valence-corrected chi connectivity index (χ3v) is 4.44. The molecule has 2 nitrogen and oxygen atoms in total. The maximum Gasteiger partial charge on any atom is 0.0498 e. The highest BCUT2D eigenvalue weighted by Gasteiger charge is 2.37. The number of nitrogens with zero attached hydrogens (tertiary/aromatic N) is 1. The van der Waals surface area contributed by atoms with Crippen molar-refractivity contribution in [1.82, 2.24) is 5.32 Å². The van der Waals surface area contributed by atoms with Gasteiger partial charge in [-0.15, -0.1) is 0 Å². The van der Waals surface area contributed by atoms with Crippen molar-refractivity contribution in [3.8, 4) is 0 Å². The quantitative estimate of drug-likeness (QED) is 0.900. The highest BCUT2D eigenvalue weighted by atomic mass is 79.9. The Morgan fingerprint density at radius 1 is 1.29 bits per heavy atom. The molecule has 1 N–H and O–H groups in total. The minimum atomic E-state index is 0.167. The molecule has 1 saturated heterocycles. The van der Waals surface area contributed by atoms with E-state index in [2.05, 4.69) is 71.3 Å². The summed E-state index contributed by atoms with van der Waals surface area (Å²) in [5, 5.41) is 3.45. The third kappa shape index (κ3) is 2.50. The van der Waals surface area contributed by atoms with Gasteiger partial charge < -0.3 is 10.2 Å². The minimum Gasteiger partial charge on any atom is -0.365 e. The van der Waals surface area contributed by atoms with Gasteiger partial charge in [0, 0.05) is 28.3 Å². The molecule has 1 aliphatic heterocycles. The van der Waals surface area contributed by atoms with Gasteiger partial charge in [0.2, 0.25) is 0 Å². The smallest absolute Gasteiger partial charge is 0.0498 e. The zero-order valence-electron chi connectivity index (χ0n) is 10.8. The zero-order chi connectivity index (χ0) is 12.5. The topological polar surface area (TPSA) is 15.3 Å². The second kappa shape index (κ2) is 4.99. The molecule has 0 radical (unpaired) electrons. The van der Waals surface area contributed by atoms with Gasteiger partial charge in [-0.25, -0.2) is 0 Å². The van der Waals surface area contributed by atoms with Crippen LogP contribution in [0.4, 0.5) is 5.69 Å². The summed E-state index contributed by atoms with van der Waals surface area (Å²) in [6.45, 7) is 5.80. The lowest BCUT2D eigenvalue weighted by Crippen LogP contribution is -2.60. The lowest BCUT2D eigenvalue weighted by atomic mass is 9.84. The molecule has 1 aliphatic rings. The average molecular weight is 297 g/mol. The van der Waals surface area contributed by atoms with E-state index in [1.54, 1.807) is 0 Å². The number of hydrogen-bond donors (Lipinski definition) is 1. The van der Waals surface area contributed by atoms with Crippen molar-refractivity contribution in [3.05, 3.63) is 28.7 Å². The van der Waals surface area contributed by atoms with E-state index in [1.807, 2.05) is 0 Å². The Hall–Kier alpha value is -0.540. The van der Waals surface area contributed by atoms with Crippen molar-refractivity contribution in [3.63, 3.8) is 0 Å². The summed E-state index contributed by atoms with van der Waals surface area (Å²) in [7, 11) is 2.07. The van der Waals surface area contributed by atoms with Gasteiger partial charge in [-0.2, -0.15) is 0 Å². The van der Waals surface area contributed by atoms with Gasteiger partial charge in [-0.1, -0.05) is 15.9 Å². The molecule has 0 saturated carbocycles. The summed E-state index contributed by atoms with van der Waals surface area (Å²) >= 11 is 3.49. The van der Waals surface area contributed by atoms with Gasteiger partial charge in [0.15, 0.2) is 0 Å². The minimum absolute atomic E-state index is 0.167. The van der Waals surface area contributed by atoms with Crippen LogP contribution in [0, 0.1) is 0 Å². The van der Waals surface area contributed by atoms with Gasteiger partial charge >= 0.3 is 0 Å².